The molecule has 10 nitrogen and oxygen atoms in total. The molecule has 218 valence electrons. The molecule has 4 rings (SSSR count). The Balaban J connectivity index is 1.60. The highest BCUT2D eigenvalue weighted by molar-refractivity contribution is 6.03. The number of aromatic nitrogens is 1. The van der Waals surface area contributed by atoms with Gasteiger partial charge in [0.25, 0.3) is 5.91 Å². The van der Waals surface area contributed by atoms with Crippen LogP contribution in [0.25, 0.3) is 17.2 Å². The van der Waals surface area contributed by atoms with Gasteiger partial charge in [-0.1, -0.05) is 49.9 Å². The molecule has 10 heteroatoms. The first kappa shape index (κ1) is 30.1. The van der Waals surface area contributed by atoms with Gasteiger partial charge in [-0.05, 0) is 71.7 Å². The molecule has 1 atom stereocenters. The summed E-state index contributed by atoms with van der Waals surface area (Å²) < 4.78 is 10.4. The number of nitrogens with one attached hydrogen (secondary N) is 1. The fraction of sp³-hybridized carbons (Fsp3) is 0.281. The molecule has 1 saturated carbocycles. The zero-order chi connectivity index (χ0) is 30.2. The normalized spacial score (nSPS) is 13.1. The molecular formula is C32H32N2O8. The van der Waals surface area contributed by atoms with Crippen LogP contribution in [0.5, 0.6) is 0 Å². The summed E-state index contributed by atoms with van der Waals surface area (Å²) in [6.07, 6.45) is 3.90. The average Bonchev–Trinajstić information content (AvgIpc) is 3.83. The number of rotatable bonds is 13. The smallest absolute Gasteiger partial charge is 0.360 e. The Kier molecular flexibility index (Phi) is 9.82. The zero-order valence-electron chi connectivity index (χ0n) is 23.2. The number of ether oxygens (including phenoxy) is 2. The minimum atomic E-state index is -1.29. The van der Waals surface area contributed by atoms with Gasteiger partial charge in [0.2, 0.25) is 6.79 Å². The molecule has 0 saturated heterocycles. The van der Waals surface area contributed by atoms with E-state index in [1.807, 2.05) is 30.3 Å². The molecule has 1 aliphatic rings. The van der Waals surface area contributed by atoms with Crippen LogP contribution >= 0.6 is 0 Å². The summed E-state index contributed by atoms with van der Waals surface area (Å²) in [6.45, 7) is 4.71. The van der Waals surface area contributed by atoms with Crippen molar-refractivity contribution in [2.75, 3.05) is 13.3 Å². The Morgan fingerprint density at radius 2 is 1.81 bits per heavy atom. The van der Waals surface area contributed by atoms with Crippen LogP contribution in [-0.2, 0) is 27.3 Å². The number of aliphatic hydroxyl groups excluding tert-OH is 1. The van der Waals surface area contributed by atoms with Crippen molar-refractivity contribution in [1.82, 2.24) is 10.3 Å². The maximum Gasteiger partial charge on any atom is 0.360 e. The molecule has 1 fully saturated rings. The molecule has 1 aliphatic carbocycles. The first-order chi connectivity index (χ1) is 20.2. The lowest BCUT2D eigenvalue weighted by Gasteiger charge is -2.16. The van der Waals surface area contributed by atoms with E-state index in [0.717, 1.165) is 18.4 Å². The molecule has 1 amide bonds. The monoisotopic (exact) mass is 572 g/mol. The number of hydrogen-bond donors (Lipinski definition) is 3. The van der Waals surface area contributed by atoms with E-state index in [1.54, 1.807) is 6.92 Å². The third-order valence-electron chi connectivity index (χ3n) is 6.94. The molecule has 2 aromatic carbocycles. The van der Waals surface area contributed by atoms with Crippen LogP contribution in [0.3, 0.4) is 0 Å². The van der Waals surface area contributed by atoms with Gasteiger partial charge in [0.1, 0.15) is 5.69 Å². The largest absolute Gasteiger partial charge is 0.478 e. The van der Waals surface area contributed by atoms with Crippen molar-refractivity contribution >= 4 is 29.9 Å². The molecule has 0 bridgehead atoms. The molecule has 1 heterocycles. The van der Waals surface area contributed by atoms with E-state index in [1.165, 1.54) is 30.3 Å². The Bertz CT molecular complexity index is 1500. The number of hydrogen-bond acceptors (Lipinski definition) is 8. The van der Waals surface area contributed by atoms with Crippen molar-refractivity contribution in [1.29, 1.82) is 0 Å². The van der Waals surface area contributed by atoms with E-state index in [0.29, 0.717) is 30.0 Å². The Labute approximate surface area is 243 Å². The van der Waals surface area contributed by atoms with E-state index in [2.05, 4.69) is 16.9 Å². The number of carbonyl (C=O) groups excluding carboxylic acids is 3. The summed E-state index contributed by atoms with van der Waals surface area (Å²) in [6, 6.07) is 14.9. The standard InChI is InChI=1S/C32H32N2O8/c1-3-22-14-26(30(37)38)25(15-23(22)17-35)24-11-12-27(29(36)33-16-21-9-10-21)34-28(24)32(40)42-18-41-31(39)19(2)13-20-7-5-4-6-8-20/h3-8,11-12,14-15,19,21,35H,1,9-10,13,16-18H2,2H3,(H,33,36)(H,37,38)/t19-/m0/s1. The number of benzene rings is 2. The fourth-order valence-corrected chi connectivity index (χ4v) is 4.40. The topological polar surface area (TPSA) is 152 Å². The number of aliphatic hydroxyl groups is 1. The Hall–Kier alpha value is -4.83. The van der Waals surface area contributed by atoms with Gasteiger partial charge in [-0.15, -0.1) is 0 Å². The van der Waals surface area contributed by atoms with Crippen molar-refractivity contribution in [3.05, 3.63) is 94.8 Å². The Morgan fingerprint density at radius 1 is 1.07 bits per heavy atom. The van der Waals surface area contributed by atoms with Crippen LogP contribution in [-0.4, -0.2) is 52.3 Å². The predicted octanol–water partition coefficient (Wildman–Crippen LogP) is 4.26. The van der Waals surface area contributed by atoms with Crippen LogP contribution in [0.15, 0.2) is 61.2 Å². The second-order valence-electron chi connectivity index (χ2n) is 10.1. The van der Waals surface area contributed by atoms with Gasteiger partial charge >= 0.3 is 17.9 Å². The molecule has 1 aromatic heterocycles. The van der Waals surface area contributed by atoms with Crippen molar-refractivity contribution in [3.8, 4) is 11.1 Å². The lowest BCUT2D eigenvalue weighted by Crippen LogP contribution is -2.27. The van der Waals surface area contributed by atoms with Gasteiger partial charge in [0.05, 0.1) is 18.1 Å². The quantitative estimate of drug-likeness (QED) is 0.201. The molecule has 0 radical (unpaired) electrons. The fourth-order valence-electron chi connectivity index (χ4n) is 4.40. The number of esters is 2. The summed E-state index contributed by atoms with van der Waals surface area (Å²) in [5.74, 6) is -3.48. The highest BCUT2D eigenvalue weighted by Gasteiger charge is 2.26. The SMILES string of the molecule is C=Cc1cc(C(=O)O)c(-c2ccc(C(=O)NCC3CC3)nc2C(=O)OCOC(=O)[C@@H](C)Cc2ccccc2)cc1CO. The van der Waals surface area contributed by atoms with Crippen molar-refractivity contribution in [2.24, 2.45) is 11.8 Å². The van der Waals surface area contributed by atoms with Crippen LogP contribution in [0, 0.1) is 11.8 Å². The van der Waals surface area contributed by atoms with Gasteiger partial charge in [0.15, 0.2) is 5.69 Å². The van der Waals surface area contributed by atoms with Crippen LogP contribution in [0.1, 0.15) is 67.8 Å². The summed E-state index contributed by atoms with van der Waals surface area (Å²) in [4.78, 5) is 54.9. The highest BCUT2D eigenvalue weighted by atomic mass is 16.7. The van der Waals surface area contributed by atoms with E-state index >= 15 is 0 Å². The van der Waals surface area contributed by atoms with Gasteiger partial charge in [-0.2, -0.15) is 0 Å². The van der Waals surface area contributed by atoms with Crippen LogP contribution in [0.2, 0.25) is 0 Å². The van der Waals surface area contributed by atoms with Crippen LogP contribution in [0.4, 0.5) is 0 Å². The van der Waals surface area contributed by atoms with Gasteiger partial charge in [-0.3, -0.25) is 9.59 Å². The lowest BCUT2D eigenvalue weighted by molar-refractivity contribution is -0.156. The maximum absolute atomic E-state index is 13.3. The summed E-state index contributed by atoms with van der Waals surface area (Å²) in [7, 11) is 0. The van der Waals surface area contributed by atoms with Crippen molar-refractivity contribution in [3.63, 3.8) is 0 Å². The van der Waals surface area contributed by atoms with Gasteiger partial charge < -0.3 is 25.0 Å². The first-order valence-electron chi connectivity index (χ1n) is 13.5. The number of carbonyl (C=O) groups is 4. The second-order valence-corrected chi connectivity index (χ2v) is 10.1. The molecule has 42 heavy (non-hydrogen) atoms. The van der Waals surface area contributed by atoms with Gasteiger partial charge in [0, 0.05) is 12.1 Å². The average molecular weight is 573 g/mol. The number of nitrogens with zero attached hydrogens (tertiary/aromatic N) is 1. The summed E-state index contributed by atoms with van der Waals surface area (Å²) in [5.41, 5.74) is 1.27. The molecule has 0 spiro atoms. The summed E-state index contributed by atoms with van der Waals surface area (Å²) >= 11 is 0. The third-order valence-corrected chi connectivity index (χ3v) is 6.94. The number of carboxylic acid groups (broad SMARTS) is 1. The highest BCUT2D eigenvalue weighted by Crippen LogP contribution is 2.31. The molecule has 3 N–H and O–H groups in total. The lowest BCUT2D eigenvalue weighted by atomic mass is 9.92. The second kappa shape index (κ2) is 13.7. The van der Waals surface area contributed by atoms with E-state index < -0.39 is 43.1 Å². The molecular weight excluding hydrogens is 540 g/mol. The minimum absolute atomic E-state index is 0.0604. The summed E-state index contributed by atoms with van der Waals surface area (Å²) in [5, 5.41) is 22.6. The van der Waals surface area contributed by atoms with E-state index in [-0.39, 0.29) is 28.1 Å². The third kappa shape index (κ3) is 7.46. The number of pyridine rings is 1. The van der Waals surface area contributed by atoms with Crippen LogP contribution < -0.4 is 5.32 Å². The zero-order valence-corrected chi connectivity index (χ0v) is 23.2. The molecule has 3 aromatic rings. The molecule has 0 unspecified atom stereocenters. The van der Waals surface area contributed by atoms with Crippen molar-refractivity contribution in [2.45, 2.75) is 32.8 Å². The van der Waals surface area contributed by atoms with Gasteiger partial charge in [-0.25, -0.2) is 14.6 Å². The Morgan fingerprint density at radius 3 is 2.45 bits per heavy atom. The van der Waals surface area contributed by atoms with Crippen molar-refractivity contribution < 1.29 is 38.9 Å². The predicted molar refractivity (Wildman–Crippen MR) is 153 cm³/mol. The first-order valence-corrected chi connectivity index (χ1v) is 13.5. The number of aromatic carboxylic acids is 1. The molecule has 0 aliphatic heterocycles. The number of carboxylic acids is 1. The number of amides is 1. The van der Waals surface area contributed by atoms with E-state index in [9.17, 15) is 29.4 Å². The minimum Gasteiger partial charge on any atom is -0.478 e. The maximum atomic E-state index is 13.3. The van der Waals surface area contributed by atoms with E-state index in [4.69, 9.17) is 9.47 Å².